The van der Waals surface area contributed by atoms with Crippen molar-refractivity contribution in [3.63, 3.8) is 0 Å². The molecule has 0 saturated heterocycles. The molecule has 4 rings (SSSR count). The number of aliphatic carboxylic acids is 1. The SMILES string of the molecule is O=C(COc1ccc2c3c(c(=O)oc2c1)CCCC3)NCCCC(=O)N[C@H](Cc1ccccc1)C(=O)O. The van der Waals surface area contributed by atoms with Crippen LogP contribution in [0.5, 0.6) is 5.75 Å². The molecule has 2 amide bonds. The maximum atomic E-state index is 12.3. The monoisotopic (exact) mass is 506 g/mol. The Labute approximate surface area is 213 Å². The van der Waals surface area contributed by atoms with Crippen molar-refractivity contribution in [3.05, 3.63) is 75.6 Å². The van der Waals surface area contributed by atoms with E-state index in [9.17, 15) is 24.3 Å². The van der Waals surface area contributed by atoms with E-state index in [0.29, 0.717) is 17.8 Å². The molecule has 1 atom stereocenters. The molecule has 9 nitrogen and oxygen atoms in total. The second-order valence-corrected chi connectivity index (χ2v) is 9.10. The van der Waals surface area contributed by atoms with Gasteiger partial charge >= 0.3 is 11.6 Å². The van der Waals surface area contributed by atoms with Gasteiger partial charge in [-0.2, -0.15) is 0 Å². The first-order valence-corrected chi connectivity index (χ1v) is 12.4. The number of carbonyl (C=O) groups is 3. The lowest BCUT2D eigenvalue weighted by Crippen LogP contribution is -2.42. The van der Waals surface area contributed by atoms with Gasteiger partial charge in [0.1, 0.15) is 17.4 Å². The van der Waals surface area contributed by atoms with E-state index in [0.717, 1.165) is 47.8 Å². The van der Waals surface area contributed by atoms with Crippen LogP contribution in [-0.4, -0.2) is 42.1 Å². The number of aryl methyl sites for hydroxylation is 1. The number of fused-ring (bicyclic) bond motifs is 3. The first-order chi connectivity index (χ1) is 17.9. The highest BCUT2D eigenvalue weighted by atomic mass is 16.5. The number of hydrogen-bond donors (Lipinski definition) is 3. The molecule has 1 aromatic heterocycles. The summed E-state index contributed by atoms with van der Waals surface area (Å²) >= 11 is 0. The van der Waals surface area contributed by atoms with E-state index in [1.54, 1.807) is 24.3 Å². The molecular weight excluding hydrogens is 476 g/mol. The Morgan fingerprint density at radius 3 is 2.51 bits per heavy atom. The van der Waals surface area contributed by atoms with E-state index in [4.69, 9.17) is 9.15 Å². The summed E-state index contributed by atoms with van der Waals surface area (Å²) in [4.78, 5) is 48.1. The molecule has 194 valence electrons. The number of amides is 2. The molecule has 9 heteroatoms. The Hall–Kier alpha value is -4.14. The average molecular weight is 507 g/mol. The Bertz CT molecular complexity index is 1330. The number of benzene rings is 2. The molecule has 0 fully saturated rings. The normalized spacial score (nSPS) is 13.4. The van der Waals surface area contributed by atoms with Crippen LogP contribution >= 0.6 is 0 Å². The number of carboxylic acid groups (broad SMARTS) is 1. The van der Waals surface area contributed by atoms with E-state index in [-0.39, 0.29) is 37.5 Å². The number of ether oxygens (including phenoxy) is 1. The van der Waals surface area contributed by atoms with Gasteiger partial charge in [-0.1, -0.05) is 30.3 Å². The van der Waals surface area contributed by atoms with Crippen molar-refractivity contribution in [3.8, 4) is 5.75 Å². The molecule has 2 aromatic carbocycles. The zero-order valence-electron chi connectivity index (χ0n) is 20.5. The van der Waals surface area contributed by atoms with Crippen LogP contribution in [0.3, 0.4) is 0 Å². The molecule has 0 saturated carbocycles. The zero-order valence-corrected chi connectivity index (χ0v) is 20.5. The predicted octanol–water partition coefficient (Wildman–Crippen LogP) is 2.76. The van der Waals surface area contributed by atoms with Crippen molar-refractivity contribution in [1.29, 1.82) is 0 Å². The summed E-state index contributed by atoms with van der Waals surface area (Å²) in [7, 11) is 0. The molecule has 0 aliphatic heterocycles. The molecular formula is C28H30N2O7. The standard InChI is InChI=1S/C28H30N2O7/c31-25(30-23(27(33)34)15-18-7-2-1-3-8-18)11-6-14-29-26(32)17-36-19-12-13-21-20-9-4-5-10-22(20)28(35)37-24(21)16-19/h1-3,7-8,12-13,16,23H,4-6,9-11,14-15,17H2,(H,29,32)(H,30,31)(H,33,34)/t23-/m1/s1. The first-order valence-electron chi connectivity index (χ1n) is 12.4. The van der Waals surface area contributed by atoms with Gasteiger partial charge in [0, 0.05) is 36.4 Å². The molecule has 1 aliphatic rings. The summed E-state index contributed by atoms with van der Waals surface area (Å²) in [6.07, 6.45) is 4.23. The van der Waals surface area contributed by atoms with Gasteiger partial charge in [0.25, 0.3) is 5.91 Å². The van der Waals surface area contributed by atoms with E-state index in [2.05, 4.69) is 10.6 Å². The minimum atomic E-state index is -1.10. The van der Waals surface area contributed by atoms with Gasteiger partial charge in [0.2, 0.25) is 5.91 Å². The second-order valence-electron chi connectivity index (χ2n) is 9.10. The molecule has 0 unspecified atom stereocenters. The van der Waals surface area contributed by atoms with Crippen LogP contribution in [0.1, 0.15) is 42.4 Å². The minimum absolute atomic E-state index is 0.0771. The third-order valence-corrected chi connectivity index (χ3v) is 6.38. The molecule has 37 heavy (non-hydrogen) atoms. The van der Waals surface area contributed by atoms with Crippen molar-refractivity contribution in [2.24, 2.45) is 0 Å². The zero-order chi connectivity index (χ0) is 26.2. The summed E-state index contributed by atoms with van der Waals surface area (Å²) in [5.74, 6) is -1.44. The van der Waals surface area contributed by atoms with Crippen LogP contribution in [0.25, 0.3) is 11.0 Å². The van der Waals surface area contributed by atoms with Gasteiger partial charge in [0.05, 0.1) is 0 Å². The van der Waals surface area contributed by atoms with Crippen molar-refractivity contribution in [1.82, 2.24) is 10.6 Å². The Morgan fingerprint density at radius 2 is 1.76 bits per heavy atom. The maximum absolute atomic E-state index is 12.3. The van der Waals surface area contributed by atoms with Crippen LogP contribution in [0, 0.1) is 0 Å². The predicted molar refractivity (Wildman–Crippen MR) is 137 cm³/mol. The molecule has 3 aromatic rings. The third kappa shape index (κ3) is 6.97. The molecule has 1 heterocycles. The topological polar surface area (TPSA) is 135 Å². The van der Waals surface area contributed by atoms with Crippen molar-refractivity contribution in [2.75, 3.05) is 13.2 Å². The maximum Gasteiger partial charge on any atom is 0.339 e. The lowest BCUT2D eigenvalue weighted by Gasteiger charge is -2.16. The fourth-order valence-corrected chi connectivity index (χ4v) is 4.51. The van der Waals surface area contributed by atoms with Gasteiger partial charge in [-0.25, -0.2) is 9.59 Å². The smallest absolute Gasteiger partial charge is 0.339 e. The first kappa shape index (κ1) is 25.9. The summed E-state index contributed by atoms with van der Waals surface area (Å²) < 4.78 is 11.0. The largest absolute Gasteiger partial charge is 0.484 e. The highest BCUT2D eigenvalue weighted by molar-refractivity contribution is 5.84. The van der Waals surface area contributed by atoms with E-state index >= 15 is 0 Å². The van der Waals surface area contributed by atoms with Crippen LogP contribution in [-0.2, 0) is 33.6 Å². The lowest BCUT2D eigenvalue weighted by atomic mass is 9.91. The number of rotatable bonds is 11. The van der Waals surface area contributed by atoms with Crippen molar-refractivity contribution >= 4 is 28.8 Å². The Morgan fingerprint density at radius 1 is 1.00 bits per heavy atom. The van der Waals surface area contributed by atoms with Crippen LogP contribution in [0.2, 0.25) is 0 Å². The number of nitrogens with one attached hydrogen (secondary N) is 2. The Balaban J connectivity index is 1.20. The Kier molecular flexibility index (Phi) is 8.56. The van der Waals surface area contributed by atoms with Gasteiger partial charge in [-0.3, -0.25) is 9.59 Å². The number of carbonyl (C=O) groups excluding carboxylic acids is 2. The molecule has 1 aliphatic carbocycles. The van der Waals surface area contributed by atoms with E-state index < -0.39 is 17.9 Å². The summed E-state index contributed by atoms with van der Waals surface area (Å²) in [5, 5.41) is 15.5. The lowest BCUT2D eigenvalue weighted by molar-refractivity contribution is -0.141. The quantitative estimate of drug-likeness (QED) is 0.269. The summed E-state index contributed by atoms with van der Waals surface area (Å²) in [5.41, 5.74) is 2.75. The van der Waals surface area contributed by atoms with Crippen molar-refractivity contribution < 1.29 is 28.6 Å². The van der Waals surface area contributed by atoms with Gasteiger partial charge in [-0.15, -0.1) is 0 Å². The van der Waals surface area contributed by atoms with E-state index in [1.807, 2.05) is 24.3 Å². The van der Waals surface area contributed by atoms with Gasteiger partial charge in [0.15, 0.2) is 6.61 Å². The highest BCUT2D eigenvalue weighted by Gasteiger charge is 2.20. The van der Waals surface area contributed by atoms with E-state index in [1.165, 1.54) is 0 Å². The highest BCUT2D eigenvalue weighted by Crippen LogP contribution is 2.29. The molecule has 0 radical (unpaired) electrons. The average Bonchev–Trinajstić information content (AvgIpc) is 2.90. The number of hydrogen-bond acceptors (Lipinski definition) is 6. The van der Waals surface area contributed by atoms with Crippen LogP contribution in [0.15, 0.2) is 57.7 Å². The van der Waals surface area contributed by atoms with Gasteiger partial charge in [-0.05, 0) is 55.4 Å². The molecule has 0 spiro atoms. The van der Waals surface area contributed by atoms with Crippen LogP contribution < -0.4 is 21.0 Å². The summed E-state index contributed by atoms with van der Waals surface area (Å²) in [6.45, 7) is 0.00973. The summed E-state index contributed by atoms with van der Waals surface area (Å²) in [6, 6.07) is 13.3. The fourth-order valence-electron chi connectivity index (χ4n) is 4.51. The van der Waals surface area contributed by atoms with Crippen LogP contribution in [0.4, 0.5) is 0 Å². The number of carboxylic acids is 1. The second kappa shape index (κ2) is 12.2. The molecule has 0 bridgehead atoms. The fraction of sp³-hybridized carbons (Fsp3) is 0.357. The van der Waals surface area contributed by atoms with Crippen molar-refractivity contribution in [2.45, 2.75) is 51.0 Å². The van der Waals surface area contributed by atoms with Gasteiger partial charge < -0.3 is 24.9 Å². The minimum Gasteiger partial charge on any atom is -0.484 e. The third-order valence-electron chi connectivity index (χ3n) is 6.38. The molecule has 3 N–H and O–H groups in total.